The van der Waals surface area contributed by atoms with E-state index in [9.17, 15) is 9.59 Å². The molecule has 0 bridgehead atoms. The van der Waals surface area contributed by atoms with E-state index in [2.05, 4.69) is 5.32 Å². The van der Waals surface area contributed by atoms with Gasteiger partial charge in [0, 0.05) is 20.5 Å². The van der Waals surface area contributed by atoms with Crippen LogP contribution in [0, 0.1) is 0 Å². The molecule has 3 N–H and O–H groups in total. The number of hydrogen-bond donors (Lipinski definition) is 2. The molecule has 0 aliphatic heterocycles. The number of rotatable bonds is 5. The molecule has 0 aromatic heterocycles. The van der Waals surface area contributed by atoms with Crippen molar-refractivity contribution < 1.29 is 9.59 Å². The van der Waals surface area contributed by atoms with Crippen molar-refractivity contribution in [2.45, 2.75) is 13.0 Å². The van der Waals surface area contributed by atoms with Gasteiger partial charge in [-0.25, -0.2) is 0 Å². The first-order valence-corrected chi connectivity index (χ1v) is 7.21. The van der Waals surface area contributed by atoms with E-state index in [-0.39, 0.29) is 36.8 Å². The quantitative estimate of drug-likeness (QED) is 0.875. The number of halogens is 1. The Morgan fingerprint density at radius 3 is 2.43 bits per heavy atom. The topological polar surface area (TPSA) is 75.4 Å². The second-order valence-electron chi connectivity index (χ2n) is 5.34. The Balaban J connectivity index is 0.00000264. The van der Waals surface area contributed by atoms with Crippen LogP contribution in [0.1, 0.15) is 18.5 Å². The molecule has 1 atom stereocenters. The van der Waals surface area contributed by atoms with Gasteiger partial charge in [0.15, 0.2) is 0 Å². The second kappa shape index (κ2) is 8.50. The third-order valence-electron chi connectivity index (χ3n) is 3.67. The van der Waals surface area contributed by atoms with E-state index in [4.69, 9.17) is 5.73 Å². The smallest absolute Gasteiger partial charge is 0.240 e. The number of carbonyl (C=O) groups excluding carboxylic acids is 2. The average Bonchev–Trinajstić information content (AvgIpc) is 2.52. The van der Waals surface area contributed by atoms with Crippen molar-refractivity contribution in [2.75, 3.05) is 20.1 Å². The zero-order valence-electron chi connectivity index (χ0n) is 13.3. The van der Waals surface area contributed by atoms with Crippen LogP contribution in [0.15, 0.2) is 42.5 Å². The second-order valence-corrected chi connectivity index (χ2v) is 5.34. The van der Waals surface area contributed by atoms with E-state index in [0.717, 1.165) is 16.3 Å². The zero-order valence-corrected chi connectivity index (χ0v) is 14.1. The van der Waals surface area contributed by atoms with Crippen LogP contribution in [-0.4, -0.2) is 36.9 Å². The lowest BCUT2D eigenvalue weighted by atomic mass is 10.0. The predicted molar refractivity (Wildman–Crippen MR) is 94.4 cm³/mol. The molecule has 1 unspecified atom stereocenters. The van der Waals surface area contributed by atoms with Crippen LogP contribution >= 0.6 is 12.4 Å². The molecular formula is C17H22ClN3O2. The molecule has 0 aliphatic carbocycles. The number of amides is 2. The SMILES string of the molecule is CC(=O)N(C)CC(=O)NC(CN)c1ccc2ccccc2c1.Cl. The fourth-order valence-electron chi connectivity index (χ4n) is 2.27. The third kappa shape index (κ3) is 4.94. The lowest BCUT2D eigenvalue weighted by Gasteiger charge is -2.20. The van der Waals surface area contributed by atoms with Gasteiger partial charge in [-0.2, -0.15) is 0 Å². The number of nitrogens with zero attached hydrogens (tertiary/aromatic N) is 1. The number of hydrogen-bond acceptors (Lipinski definition) is 3. The monoisotopic (exact) mass is 335 g/mol. The van der Waals surface area contributed by atoms with Crippen LogP contribution in [0.2, 0.25) is 0 Å². The van der Waals surface area contributed by atoms with Gasteiger partial charge in [0.2, 0.25) is 11.8 Å². The first-order valence-electron chi connectivity index (χ1n) is 7.21. The maximum absolute atomic E-state index is 12.0. The van der Waals surface area contributed by atoms with Crippen LogP contribution in [0.4, 0.5) is 0 Å². The van der Waals surface area contributed by atoms with Crippen LogP contribution in [0.25, 0.3) is 10.8 Å². The fraction of sp³-hybridized carbons (Fsp3) is 0.294. The molecule has 0 heterocycles. The zero-order chi connectivity index (χ0) is 16.1. The largest absolute Gasteiger partial charge is 0.346 e. The van der Waals surface area contributed by atoms with Crippen molar-refractivity contribution in [1.82, 2.24) is 10.2 Å². The summed E-state index contributed by atoms with van der Waals surface area (Å²) in [4.78, 5) is 24.5. The maximum atomic E-state index is 12.0. The molecule has 2 rings (SSSR count). The highest BCUT2D eigenvalue weighted by atomic mass is 35.5. The van der Waals surface area contributed by atoms with Gasteiger partial charge in [-0.05, 0) is 22.4 Å². The third-order valence-corrected chi connectivity index (χ3v) is 3.67. The maximum Gasteiger partial charge on any atom is 0.240 e. The van der Waals surface area contributed by atoms with Gasteiger partial charge < -0.3 is 16.0 Å². The molecule has 2 aromatic carbocycles. The summed E-state index contributed by atoms with van der Waals surface area (Å²) in [5, 5.41) is 5.12. The van der Waals surface area contributed by atoms with Crippen molar-refractivity contribution in [3.63, 3.8) is 0 Å². The van der Waals surface area contributed by atoms with Gasteiger partial charge in [0.05, 0.1) is 12.6 Å². The molecule has 0 saturated heterocycles. The number of fused-ring (bicyclic) bond motifs is 1. The Kier molecular flexibility index (Phi) is 7.00. The lowest BCUT2D eigenvalue weighted by molar-refractivity contribution is -0.133. The minimum atomic E-state index is -0.266. The molecule has 0 aliphatic rings. The van der Waals surface area contributed by atoms with E-state index in [0.29, 0.717) is 6.54 Å². The number of likely N-dealkylation sites (N-methyl/N-ethyl adjacent to an activating group) is 1. The Hall–Kier alpha value is -2.11. The fourth-order valence-corrected chi connectivity index (χ4v) is 2.27. The highest BCUT2D eigenvalue weighted by Crippen LogP contribution is 2.20. The van der Waals surface area contributed by atoms with E-state index in [1.807, 2.05) is 42.5 Å². The highest BCUT2D eigenvalue weighted by Gasteiger charge is 2.15. The summed E-state index contributed by atoms with van der Waals surface area (Å²) in [6.07, 6.45) is 0. The van der Waals surface area contributed by atoms with Crippen LogP contribution in [-0.2, 0) is 9.59 Å². The summed E-state index contributed by atoms with van der Waals surface area (Å²) in [7, 11) is 1.59. The summed E-state index contributed by atoms with van der Waals surface area (Å²) in [6.45, 7) is 1.75. The molecule has 124 valence electrons. The Labute approximate surface area is 142 Å². The van der Waals surface area contributed by atoms with Crippen molar-refractivity contribution >= 4 is 35.0 Å². The minimum absolute atomic E-state index is 0. The summed E-state index contributed by atoms with van der Waals surface area (Å²) >= 11 is 0. The molecular weight excluding hydrogens is 314 g/mol. The van der Waals surface area contributed by atoms with E-state index in [1.54, 1.807) is 7.05 Å². The van der Waals surface area contributed by atoms with E-state index in [1.165, 1.54) is 11.8 Å². The summed E-state index contributed by atoms with van der Waals surface area (Å²) < 4.78 is 0. The Morgan fingerprint density at radius 2 is 1.83 bits per heavy atom. The molecule has 0 saturated carbocycles. The van der Waals surface area contributed by atoms with Gasteiger partial charge >= 0.3 is 0 Å². The van der Waals surface area contributed by atoms with Gasteiger partial charge in [-0.1, -0.05) is 36.4 Å². The Morgan fingerprint density at radius 1 is 1.17 bits per heavy atom. The lowest BCUT2D eigenvalue weighted by Crippen LogP contribution is -2.41. The van der Waals surface area contributed by atoms with Crippen molar-refractivity contribution in [1.29, 1.82) is 0 Å². The van der Waals surface area contributed by atoms with Crippen molar-refractivity contribution in [3.8, 4) is 0 Å². The molecule has 0 radical (unpaired) electrons. The molecule has 6 heteroatoms. The number of nitrogens with one attached hydrogen (secondary N) is 1. The summed E-state index contributed by atoms with van der Waals surface area (Å²) in [5.74, 6) is -0.369. The number of carbonyl (C=O) groups is 2. The van der Waals surface area contributed by atoms with Gasteiger partial charge in [0.1, 0.15) is 0 Å². The molecule has 5 nitrogen and oxygen atoms in total. The molecule has 0 spiro atoms. The Bertz CT molecular complexity index is 690. The highest BCUT2D eigenvalue weighted by molar-refractivity contribution is 5.86. The van der Waals surface area contributed by atoms with Gasteiger partial charge in [-0.3, -0.25) is 9.59 Å². The van der Waals surface area contributed by atoms with E-state index < -0.39 is 0 Å². The minimum Gasteiger partial charge on any atom is -0.346 e. The first kappa shape index (κ1) is 18.9. The number of benzene rings is 2. The summed E-state index contributed by atoms with van der Waals surface area (Å²) in [5.41, 5.74) is 6.75. The van der Waals surface area contributed by atoms with Crippen LogP contribution < -0.4 is 11.1 Å². The molecule has 2 amide bonds. The average molecular weight is 336 g/mol. The molecule has 2 aromatic rings. The number of nitrogens with two attached hydrogens (primary N) is 1. The first-order chi connectivity index (χ1) is 10.5. The van der Waals surface area contributed by atoms with Gasteiger partial charge in [-0.15, -0.1) is 12.4 Å². The van der Waals surface area contributed by atoms with E-state index >= 15 is 0 Å². The summed E-state index contributed by atoms with van der Waals surface area (Å²) in [6, 6.07) is 13.8. The van der Waals surface area contributed by atoms with Gasteiger partial charge in [0.25, 0.3) is 0 Å². The van der Waals surface area contributed by atoms with Crippen LogP contribution in [0.5, 0.6) is 0 Å². The standard InChI is InChI=1S/C17H21N3O2.ClH/c1-12(21)20(2)11-17(22)19-16(10-18)15-8-7-13-5-3-4-6-14(13)9-15;/h3-9,16H,10-11,18H2,1-2H3,(H,19,22);1H. The normalized spacial score (nSPS) is 11.4. The van der Waals surface area contributed by atoms with Crippen molar-refractivity contribution in [3.05, 3.63) is 48.0 Å². The predicted octanol–water partition coefficient (Wildman–Crippen LogP) is 1.86. The molecule has 23 heavy (non-hydrogen) atoms. The molecule has 0 fully saturated rings. The van der Waals surface area contributed by atoms with Crippen LogP contribution in [0.3, 0.4) is 0 Å². The van der Waals surface area contributed by atoms with Crippen molar-refractivity contribution in [2.24, 2.45) is 5.73 Å².